The van der Waals surface area contributed by atoms with Gasteiger partial charge in [0, 0.05) is 30.1 Å². The zero-order chi connectivity index (χ0) is 19.3. The first-order valence-electron chi connectivity index (χ1n) is 9.01. The average molecular weight is 369 g/mol. The lowest BCUT2D eigenvalue weighted by Crippen LogP contribution is -2.22. The van der Waals surface area contributed by atoms with Crippen LogP contribution < -0.4 is 5.32 Å². The van der Waals surface area contributed by atoms with Crippen molar-refractivity contribution < 1.29 is 9.32 Å². The van der Waals surface area contributed by atoms with E-state index >= 15 is 0 Å². The Morgan fingerprint density at radius 1 is 0.964 bits per heavy atom. The van der Waals surface area contributed by atoms with Crippen LogP contribution in [0.4, 0.5) is 0 Å². The molecule has 0 spiro atoms. The molecule has 0 saturated heterocycles. The predicted molar refractivity (Wildman–Crippen MR) is 108 cm³/mol. The summed E-state index contributed by atoms with van der Waals surface area (Å²) in [7, 11) is 0. The number of benzene rings is 2. The maximum atomic E-state index is 12.4. The van der Waals surface area contributed by atoms with E-state index in [0.29, 0.717) is 12.1 Å². The number of carbonyl (C=O) groups excluding carboxylic acids is 1. The molecule has 2 aromatic carbocycles. The van der Waals surface area contributed by atoms with Crippen LogP contribution in [0.25, 0.3) is 22.4 Å². The lowest BCUT2D eigenvalue weighted by Gasteiger charge is -2.07. The molecule has 28 heavy (non-hydrogen) atoms. The van der Waals surface area contributed by atoms with E-state index in [-0.39, 0.29) is 5.91 Å². The number of hydrogen-bond donors (Lipinski definition) is 1. The van der Waals surface area contributed by atoms with Crippen LogP contribution in [0.5, 0.6) is 0 Å². The Kier molecular flexibility index (Phi) is 4.97. The molecule has 2 aromatic heterocycles. The lowest BCUT2D eigenvalue weighted by molar-refractivity contribution is 0.0951. The maximum Gasteiger partial charge on any atom is 0.251 e. The third-order valence-electron chi connectivity index (χ3n) is 4.52. The zero-order valence-electron chi connectivity index (χ0n) is 15.4. The normalized spacial score (nSPS) is 10.6. The average Bonchev–Trinajstić information content (AvgIpc) is 3.15. The van der Waals surface area contributed by atoms with Gasteiger partial charge in [0.15, 0.2) is 0 Å². The van der Waals surface area contributed by atoms with E-state index in [2.05, 4.69) is 15.5 Å². The zero-order valence-corrected chi connectivity index (χ0v) is 15.4. The molecule has 4 rings (SSSR count). The van der Waals surface area contributed by atoms with Gasteiger partial charge in [-0.15, -0.1) is 0 Å². The highest BCUT2D eigenvalue weighted by atomic mass is 16.5. The number of rotatable bonds is 5. The molecule has 0 bridgehead atoms. The smallest absolute Gasteiger partial charge is 0.251 e. The highest BCUT2D eigenvalue weighted by Crippen LogP contribution is 2.34. The third kappa shape index (κ3) is 3.69. The molecule has 0 fully saturated rings. The van der Waals surface area contributed by atoms with Gasteiger partial charge in [-0.2, -0.15) is 0 Å². The van der Waals surface area contributed by atoms with Gasteiger partial charge in [-0.25, -0.2) is 0 Å². The monoisotopic (exact) mass is 369 g/mol. The van der Waals surface area contributed by atoms with Crippen molar-refractivity contribution in [1.82, 2.24) is 15.5 Å². The molecular formula is C23H19N3O2. The van der Waals surface area contributed by atoms with Crippen LogP contribution in [-0.2, 0) is 6.54 Å². The van der Waals surface area contributed by atoms with Crippen LogP contribution >= 0.6 is 0 Å². The van der Waals surface area contributed by atoms with E-state index < -0.39 is 0 Å². The molecule has 5 heteroatoms. The van der Waals surface area contributed by atoms with Crippen LogP contribution in [0.1, 0.15) is 21.7 Å². The molecule has 4 aromatic rings. The van der Waals surface area contributed by atoms with Gasteiger partial charge in [-0.05, 0) is 36.2 Å². The van der Waals surface area contributed by atoms with E-state index in [9.17, 15) is 4.79 Å². The number of aromatic nitrogens is 2. The van der Waals surface area contributed by atoms with Crippen LogP contribution in [0.3, 0.4) is 0 Å². The molecule has 2 heterocycles. The van der Waals surface area contributed by atoms with Gasteiger partial charge in [0.1, 0.15) is 11.5 Å². The second kappa shape index (κ2) is 7.88. The first-order valence-corrected chi connectivity index (χ1v) is 9.01. The Balaban J connectivity index is 1.54. The Hall–Kier alpha value is -3.73. The summed E-state index contributed by atoms with van der Waals surface area (Å²) >= 11 is 0. The molecule has 0 saturated carbocycles. The van der Waals surface area contributed by atoms with E-state index in [0.717, 1.165) is 33.7 Å². The van der Waals surface area contributed by atoms with E-state index in [4.69, 9.17) is 4.52 Å². The second-order valence-corrected chi connectivity index (χ2v) is 6.45. The van der Waals surface area contributed by atoms with E-state index in [1.165, 1.54) is 0 Å². The fourth-order valence-electron chi connectivity index (χ4n) is 3.08. The van der Waals surface area contributed by atoms with Gasteiger partial charge in [-0.3, -0.25) is 9.78 Å². The molecule has 0 unspecified atom stereocenters. The minimum absolute atomic E-state index is 0.124. The standard InChI is InChI=1S/C23H19N3O2/c1-16-21(22(26-28-16)19-7-3-2-4-8-19)18-9-11-20(12-10-18)23(27)25-15-17-6-5-13-24-14-17/h2-14H,15H2,1H3,(H,25,27). The van der Waals surface area contributed by atoms with Gasteiger partial charge in [0.05, 0.1) is 5.56 Å². The van der Waals surface area contributed by atoms with Crippen molar-refractivity contribution in [3.63, 3.8) is 0 Å². The summed E-state index contributed by atoms with van der Waals surface area (Å²) in [6.45, 7) is 2.33. The molecule has 138 valence electrons. The quantitative estimate of drug-likeness (QED) is 0.556. The fraction of sp³-hybridized carbons (Fsp3) is 0.0870. The molecule has 0 aliphatic carbocycles. The van der Waals surface area contributed by atoms with Crippen LogP contribution in [0.15, 0.2) is 83.6 Å². The SMILES string of the molecule is Cc1onc(-c2ccccc2)c1-c1ccc(C(=O)NCc2cccnc2)cc1. The van der Waals surface area contributed by atoms with E-state index in [1.54, 1.807) is 12.4 Å². The molecule has 1 N–H and O–H groups in total. The lowest BCUT2D eigenvalue weighted by atomic mass is 9.98. The summed E-state index contributed by atoms with van der Waals surface area (Å²) in [6, 6.07) is 21.2. The van der Waals surface area contributed by atoms with Crippen molar-refractivity contribution in [2.45, 2.75) is 13.5 Å². The summed E-state index contributed by atoms with van der Waals surface area (Å²) in [5.41, 5.74) is 5.25. The number of amides is 1. The minimum Gasteiger partial charge on any atom is -0.360 e. The van der Waals surface area contributed by atoms with Gasteiger partial charge in [0.25, 0.3) is 5.91 Å². The summed E-state index contributed by atoms with van der Waals surface area (Å²) in [6.07, 6.45) is 3.45. The van der Waals surface area contributed by atoms with Crippen molar-refractivity contribution >= 4 is 5.91 Å². The largest absolute Gasteiger partial charge is 0.360 e. The number of nitrogens with one attached hydrogen (secondary N) is 1. The number of nitrogens with zero attached hydrogens (tertiary/aromatic N) is 2. The second-order valence-electron chi connectivity index (χ2n) is 6.45. The number of carbonyl (C=O) groups is 1. The summed E-state index contributed by atoms with van der Waals surface area (Å²) in [4.78, 5) is 16.5. The van der Waals surface area contributed by atoms with Gasteiger partial charge in [-0.1, -0.05) is 53.7 Å². The molecule has 0 aliphatic rings. The summed E-state index contributed by atoms with van der Waals surface area (Å²) in [5.74, 6) is 0.619. The Morgan fingerprint density at radius 2 is 1.75 bits per heavy atom. The molecule has 0 aliphatic heterocycles. The maximum absolute atomic E-state index is 12.4. The first-order chi connectivity index (χ1) is 13.7. The van der Waals surface area contributed by atoms with Crippen molar-refractivity contribution in [3.8, 4) is 22.4 Å². The molecule has 1 amide bonds. The van der Waals surface area contributed by atoms with Crippen molar-refractivity contribution in [2.24, 2.45) is 0 Å². The third-order valence-corrected chi connectivity index (χ3v) is 4.52. The van der Waals surface area contributed by atoms with Crippen LogP contribution in [0.2, 0.25) is 0 Å². The Labute approximate surface area is 163 Å². The summed E-state index contributed by atoms with van der Waals surface area (Å²) in [5, 5.41) is 7.13. The van der Waals surface area contributed by atoms with Gasteiger partial charge in [0.2, 0.25) is 0 Å². The topological polar surface area (TPSA) is 68.0 Å². The molecule has 0 radical (unpaired) electrons. The number of hydrogen-bond acceptors (Lipinski definition) is 4. The van der Waals surface area contributed by atoms with Crippen LogP contribution in [-0.4, -0.2) is 16.0 Å². The molecule has 5 nitrogen and oxygen atoms in total. The molecular weight excluding hydrogens is 350 g/mol. The first kappa shape index (κ1) is 17.7. The van der Waals surface area contributed by atoms with Crippen molar-refractivity contribution in [1.29, 1.82) is 0 Å². The predicted octanol–water partition coefficient (Wildman–Crippen LogP) is 4.64. The van der Waals surface area contributed by atoms with Crippen molar-refractivity contribution in [3.05, 3.63) is 96.0 Å². The highest BCUT2D eigenvalue weighted by molar-refractivity contribution is 5.95. The van der Waals surface area contributed by atoms with Crippen molar-refractivity contribution in [2.75, 3.05) is 0 Å². The number of aryl methyl sites for hydroxylation is 1. The fourth-order valence-corrected chi connectivity index (χ4v) is 3.08. The van der Waals surface area contributed by atoms with Gasteiger partial charge < -0.3 is 9.84 Å². The van der Waals surface area contributed by atoms with Crippen LogP contribution in [0, 0.1) is 6.92 Å². The highest BCUT2D eigenvalue weighted by Gasteiger charge is 2.17. The summed E-state index contributed by atoms with van der Waals surface area (Å²) < 4.78 is 5.43. The minimum atomic E-state index is -0.124. The molecule has 0 atom stereocenters. The number of pyridine rings is 1. The van der Waals surface area contributed by atoms with Gasteiger partial charge >= 0.3 is 0 Å². The van der Waals surface area contributed by atoms with E-state index in [1.807, 2.05) is 73.7 Å². The Bertz CT molecular complexity index is 1070. The Morgan fingerprint density at radius 3 is 2.46 bits per heavy atom.